The van der Waals surface area contributed by atoms with Gasteiger partial charge in [-0.3, -0.25) is 10.1 Å². The molecule has 3 aromatic rings. The molecule has 0 spiro atoms. The predicted molar refractivity (Wildman–Crippen MR) is 125 cm³/mol. The fraction of sp³-hybridized carbons (Fsp3) is 0.296. The van der Waals surface area contributed by atoms with Crippen LogP contribution in [0.15, 0.2) is 72.8 Å². The number of hydrogen-bond acceptors (Lipinski definition) is 2. The molecule has 1 unspecified atom stereocenters. The highest BCUT2D eigenvalue weighted by Crippen LogP contribution is 2.30. The summed E-state index contributed by atoms with van der Waals surface area (Å²) in [6, 6.07) is 20.2. The number of benzene rings is 3. The highest BCUT2D eigenvalue weighted by atomic mass is 19.4. The Labute approximate surface area is 193 Å². The van der Waals surface area contributed by atoms with Gasteiger partial charge < -0.3 is 5.32 Å². The number of carbonyl (C=O) groups excluding carboxylic acids is 1. The maximum absolute atomic E-state index is 12.9. The molecule has 33 heavy (non-hydrogen) atoms. The van der Waals surface area contributed by atoms with Gasteiger partial charge in [0.2, 0.25) is 5.91 Å². The molecule has 6 heteroatoms. The smallest absolute Gasteiger partial charge is 0.358 e. The largest absolute Gasteiger partial charge is 0.416 e. The zero-order chi connectivity index (χ0) is 24.0. The van der Waals surface area contributed by atoms with E-state index in [1.54, 1.807) is 7.05 Å². The van der Waals surface area contributed by atoms with Gasteiger partial charge in [-0.15, -0.1) is 0 Å². The second-order valence-corrected chi connectivity index (χ2v) is 8.25. The fourth-order valence-electron chi connectivity index (χ4n) is 3.81. The van der Waals surface area contributed by atoms with Gasteiger partial charge in [0.05, 0.1) is 5.56 Å². The Morgan fingerprint density at radius 2 is 1.55 bits per heavy atom. The fourth-order valence-corrected chi connectivity index (χ4v) is 3.81. The van der Waals surface area contributed by atoms with E-state index >= 15 is 0 Å². The molecule has 0 heterocycles. The normalized spacial score (nSPS) is 13.4. The van der Waals surface area contributed by atoms with Crippen molar-refractivity contribution in [3.05, 3.63) is 106 Å². The van der Waals surface area contributed by atoms with Crippen molar-refractivity contribution >= 4 is 5.91 Å². The summed E-state index contributed by atoms with van der Waals surface area (Å²) in [7, 11) is 1.60. The molecular formula is C27H29F3N2O. The van der Waals surface area contributed by atoms with Gasteiger partial charge in [0.25, 0.3) is 0 Å². The molecule has 0 bridgehead atoms. The molecule has 0 radical (unpaired) electrons. The molecule has 0 fully saturated rings. The van der Waals surface area contributed by atoms with Crippen LogP contribution in [0.3, 0.4) is 0 Å². The van der Waals surface area contributed by atoms with Gasteiger partial charge in [-0.1, -0.05) is 60.7 Å². The van der Waals surface area contributed by atoms with Gasteiger partial charge in [0.15, 0.2) is 0 Å². The summed E-state index contributed by atoms with van der Waals surface area (Å²) in [5.41, 5.74) is 4.36. The topological polar surface area (TPSA) is 41.1 Å². The lowest BCUT2D eigenvalue weighted by Gasteiger charge is -2.26. The van der Waals surface area contributed by atoms with Crippen molar-refractivity contribution in [2.24, 2.45) is 0 Å². The molecule has 1 amide bonds. The Morgan fingerprint density at radius 3 is 2.12 bits per heavy atom. The van der Waals surface area contributed by atoms with Gasteiger partial charge in [0.1, 0.15) is 6.04 Å². The maximum Gasteiger partial charge on any atom is 0.416 e. The monoisotopic (exact) mass is 454 g/mol. The average molecular weight is 455 g/mol. The number of hydrogen-bond donors (Lipinski definition) is 2. The van der Waals surface area contributed by atoms with Crippen LogP contribution >= 0.6 is 0 Å². The number of likely N-dealkylation sites (N-methyl/N-ethyl adjacent to an activating group) is 1. The highest BCUT2D eigenvalue weighted by molar-refractivity contribution is 5.83. The molecule has 174 valence electrons. The van der Waals surface area contributed by atoms with E-state index in [-0.39, 0.29) is 11.9 Å². The van der Waals surface area contributed by atoms with Crippen molar-refractivity contribution in [1.29, 1.82) is 0 Å². The Bertz CT molecular complexity index is 1060. The van der Waals surface area contributed by atoms with Gasteiger partial charge in [-0.05, 0) is 66.6 Å². The minimum Gasteiger partial charge on any atom is -0.358 e. The number of alkyl halides is 3. The number of carbonyl (C=O) groups is 1. The van der Waals surface area contributed by atoms with E-state index in [0.717, 1.165) is 34.4 Å². The van der Waals surface area contributed by atoms with Crippen molar-refractivity contribution in [3.8, 4) is 0 Å². The second-order valence-electron chi connectivity index (χ2n) is 8.25. The standard InChI is InChI=1S/C27H29F3N2O/c1-18-9-13-22(17-19(18)2)24(16-12-20-10-14-23(15-11-20)27(28,29)30)32-25(26(33)31-3)21-7-5-4-6-8-21/h4-11,13-15,17,24-25,32H,12,16H2,1-3H3,(H,31,33)/t24-,25?/m0/s1. The number of halogens is 3. The first-order valence-corrected chi connectivity index (χ1v) is 10.9. The van der Waals surface area contributed by atoms with E-state index < -0.39 is 17.8 Å². The van der Waals surface area contributed by atoms with E-state index in [9.17, 15) is 18.0 Å². The third-order valence-corrected chi connectivity index (χ3v) is 5.95. The summed E-state index contributed by atoms with van der Waals surface area (Å²) in [4.78, 5) is 12.7. The van der Waals surface area contributed by atoms with Gasteiger partial charge in [0, 0.05) is 13.1 Å². The Hall–Kier alpha value is -3.12. The minimum atomic E-state index is -4.35. The first-order chi connectivity index (χ1) is 15.7. The van der Waals surface area contributed by atoms with Crippen LogP contribution in [0.1, 0.15) is 51.9 Å². The number of nitrogens with one attached hydrogen (secondary N) is 2. The van der Waals surface area contributed by atoms with E-state index in [1.807, 2.05) is 50.2 Å². The van der Waals surface area contributed by atoms with Crippen LogP contribution in [0.4, 0.5) is 13.2 Å². The summed E-state index contributed by atoms with van der Waals surface area (Å²) in [6.45, 7) is 4.08. The zero-order valence-corrected chi connectivity index (χ0v) is 19.0. The Morgan fingerprint density at radius 1 is 0.879 bits per heavy atom. The molecule has 2 N–H and O–H groups in total. The molecule has 0 saturated heterocycles. The molecule has 0 aliphatic carbocycles. The van der Waals surface area contributed by atoms with Crippen LogP contribution in [0.5, 0.6) is 0 Å². The van der Waals surface area contributed by atoms with Crippen molar-refractivity contribution < 1.29 is 18.0 Å². The molecule has 0 saturated carbocycles. The summed E-state index contributed by atoms with van der Waals surface area (Å²) in [5.74, 6) is -0.149. The molecule has 0 aliphatic heterocycles. The Kier molecular flexibility index (Phi) is 7.92. The van der Waals surface area contributed by atoms with Crippen molar-refractivity contribution in [2.45, 2.75) is 44.9 Å². The van der Waals surface area contributed by atoms with Crippen molar-refractivity contribution in [2.75, 3.05) is 7.05 Å². The quantitative estimate of drug-likeness (QED) is 0.434. The lowest BCUT2D eigenvalue weighted by Crippen LogP contribution is -2.38. The first-order valence-electron chi connectivity index (χ1n) is 10.9. The molecule has 0 aliphatic rings. The zero-order valence-electron chi connectivity index (χ0n) is 19.0. The van der Waals surface area contributed by atoms with Crippen LogP contribution in [0.25, 0.3) is 0 Å². The predicted octanol–water partition coefficient (Wildman–Crippen LogP) is 6.07. The van der Waals surface area contributed by atoms with Crippen molar-refractivity contribution in [1.82, 2.24) is 10.6 Å². The molecule has 3 nitrogen and oxygen atoms in total. The van der Waals surface area contributed by atoms with E-state index in [4.69, 9.17) is 0 Å². The summed E-state index contributed by atoms with van der Waals surface area (Å²) < 4.78 is 38.7. The molecule has 0 aromatic heterocycles. The van der Waals surface area contributed by atoms with Crippen LogP contribution < -0.4 is 10.6 Å². The lowest BCUT2D eigenvalue weighted by atomic mass is 9.94. The second kappa shape index (κ2) is 10.7. The SMILES string of the molecule is CNC(=O)C(N[C@@H](CCc1ccc(C(F)(F)F)cc1)c1ccc(C)c(C)c1)c1ccccc1. The average Bonchev–Trinajstić information content (AvgIpc) is 2.81. The van der Waals surface area contributed by atoms with E-state index in [0.29, 0.717) is 12.8 Å². The number of aryl methyl sites for hydroxylation is 3. The van der Waals surface area contributed by atoms with Crippen LogP contribution in [-0.2, 0) is 17.4 Å². The molecule has 3 rings (SSSR count). The third-order valence-electron chi connectivity index (χ3n) is 5.95. The number of rotatable bonds is 8. The maximum atomic E-state index is 12.9. The molecule has 3 aromatic carbocycles. The van der Waals surface area contributed by atoms with E-state index in [2.05, 4.69) is 22.8 Å². The van der Waals surface area contributed by atoms with Crippen LogP contribution in [-0.4, -0.2) is 13.0 Å². The third kappa shape index (κ3) is 6.45. The van der Waals surface area contributed by atoms with Gasteiger partial charge in [-0.25, -0.2) is 0 Å². The first kappa shape index (κ1) is 24.5. The minimum absolute atomic E-state index is 0.149. The molecule has 2 atom stereocenters. The highest BCUT2D eigenvalue weighted by Gasteiger charge is 2.30. The Balaban J connectivity index is 1.87. The molecular weight excluding hydrogens is 425 g/mol. The number of amides is 1. The van der Waals surface area contributed by atoms with Gasteiger partial charge in [-0.2, -0.15) is 13.2 Å². The van der Waals surface area contributed by atoms with E-state index in [1.165, 1.54) is 17.7 Å². The lowest BCUT2D eigenvalue weighted by molar-refractivity contribution is -0.137. The summed E-state index contributed by atoms with van der Waals surface area (Å²) >= 11 is 0. The summed E-state index contributed by atoms with van der Waals surface area (Å²) in [6.07, 6.45) is -3.16. The van der Waals surface area contributed by atoms with Gasteiger partial charge >= 0.3 is 6.18 Å². The van der Waals surface area contributed by atoms with Crippen LogP contribution in [0.2, 0.25) is 0 Å². The van der Waals surface area contributed by atoms with Crippen LogP contribution in [0, 0.1) is 13.8 Å². The summed E-state index contributed by atoms with van der Waals surface area (Å²) in [5, 5.41) is 6.22. The van der Waals surface area contributed by atoms with Crippen molar-refractivity contribution in [3.63, 3.8) is 0 Å².